The molecule has 3 atom stereocenters. The Morgan fingerprint density at radius 2 is 2.03 bits per heavy atom. The molecule has 0 bridgehead atoms. The molecule has 2 aromatic heterocycles. The van der Waals surface area contributed by atoms with E-state index in [1.807, 2.05) is 0 Å². The molecular weight excluding hydrogens is 540 g/mol. The normalized spacial score (nSPS) is 23.3. The molecule has 2 amide bonds. The topological polar surface area (TPSA) is 211 Å². The van der Waals surface area contributed by atoms with Gasteiger partial charge >= 0.3 is 11.9 Å². The van der Waals surface area contributed by atoms with E-state index < -0.39 is 56.8 Å². The molecule has 2 aliphatic heterocycles. The Morgan fingerprint density at radius 1 is 1.34 bits per heavy atom. The molecule has 2 aliphatic rings. The third-order valence-corrected chi connectivity index (χ3v) is 7.92. The lowest BCUT2D eigenvalue weighted by molar-refractivity contribution is -0.808. The zero-order valence-electron chi connectivity index (χ0n) is 20.0. The second kappa shape index (κ2) is 10.1. The highest BCUT2D eigenvalue weighted by Gasteiger charge is 2.65. The van der Waals surface area contributed by atoms with Gasteiger partial charge in [-0.2, -0.15) is 0 Å². The molecule has 1 unspecified atom stereocenters. The predicted molar refractivity (Wildman–Crippen MR) is 131 cm³/mol. The number of carboxylic acid groups (broad SMARTS) is 2. The van der Waals surface area contributed by atoms with Crippen molar-refractivity contribution in [1.29, 1.82) is 0 Å². The van der Waals surface area contributed by atoms with Crippen LogP contribution in [0.4, 0.5) is 5.13 Å². The fraction of sp³-hybridized carbons (Fsp3) is 0.318. The lowest BCUT2D eigenvalue weighted by atomic mass is 10.0. The number of thiazole rings is 1. The molecule has 4 rings (SSSR count). The number of nitrogens with one attached hydrogen (secondary N) is 1. The van der Waals surface area contributed by atoms with E-state index in [1.165, 1.54) is 19.2 Å². The maximum atomic E-state index is 13.6. The number of thioether (sulfide) groups is 1. The number of nitrogens with two attached hydrogens (primary N) is 1. The molecule has 1 fully saturated rings. The van der Waals surface area contributed by atoms with Gasteiger partial charge in [0.1, 0.15) is 11.7 Å². The lowest BCUT2D eigenvalue weighted by Gasteiger charge is -2.58. The average Bonchev–Trinajstić information content (AvgIpc) is 3.28. The number of pyridine rings is 1. The van der Waals surface area contributed by atoms with Crippen molar-refractivity contribution in [1.82, 2.24) is 10.3 Å². The number of quaternary nitrogens is 1. The molecule has 16 heteroatoms. The standard InChI is InChI=1S/C22H22N6O8S2/c1-22(2,20(33)34)36-26-13(12-10-38-21(23)24-12)16(29)25-14-17(30)28(35)15(19(31)32)11(9-37-18(14)28)8-27-6-4-3-5-7-27/h3-7,10,14,18H,8-9H2,1-2H3,(H4-,23,24,25,29,31,32,33,34)/b26-13-/t14-,18-,28?/m1/s1. The smallest absolute Gasteiger partial charge is 0.350 e. The lowest BCUT2D eigenvalue weighted by Crippen LogP contribution is -2.79. The number of carbonyl (C=O) groups excluding carboxylic acids is 3. The van der Waals surface area contributed by atoms with Crippen molar-refractivity contribution >= 4 is 57.7 Å². The number of oxime groups is 1. The summed E-state index contributed by atoms with van der Waals surface area (Å²) in [5, 5.41) is 41.2. The van der Waals surface area contributed by atoms with Gasteiger partial charge in [-0.1, -0.05) is 23.0 Å². The zero-order valence-corrected chi connectivity index (χ0v) is 21.7. The van der Waals surface area contributed by atoms with Crippen LogP contribution in [0.2, 0.25) is 0 Å². The van der Waals surface area contributed by atoms with Gasteiger partial charge in [0.15, 0.2) is 40.9 Å². The molecular formula is C22H22N6O8S2. The van der Waals surface area contributed by atoms with E-state index in [0.29, 0.717) is 0 Å². The molecule has 38 heavy (non-hydrogen) atoms. The van der Waals surface area contributed by atoms with Crippen LogP contribution in [0.25, 0.3) is 0 Å². The van der Waals surface area contributed by atoms with Gasteiger partial charge in [-0.3, -0.25) is 4.79 Å². The molecule has 4 N–H and O–H groups in total. The van der Waals surface area contributed by atoms with Gasteiger partial charge in [0, 0.05) is 23.3 Å². The van der Waals surface area contributed by atoms with Crippen LogP contribution in [0.3, 0.4) is 0 Å². The SMILES string of the molecule is CC(C)(O/N=C(\C(=O)N[C@@H]1C(=O)[N+]2([O-])C(C(=O)[O-])=C(C[n+]3ccccc3)CS[C@H]12)c1csc(N)n1)C(=O)O. The highest BCUT2D eigenvalue weighted by Crippen LogP contribution is 2.46. The highest BCUT2D eigenvalue weighted by atomic mass is 32.2. The first-order valence-corrected chi connectivity index (χ1v) is 12.9. The first-order valence-electron chi connectivity index (χ1n) is 11.0. The second-order valence-corrected chi connectivity index (χ2v) is 10.8. The third-order valence-electron chi connectivity index (χ3n) is 5.82. The van der Waals surface area contributed by atoms with Crippen LogP contribution in [-0.4, -0.2) is 67.0 Å². The van der Waals surface area contributed by atoms with E-state index in [-0.39, 0.29) is 28.7 Å². The van der Waals surface area contributed by atoms with E-state index in [9.17, 15) is 34.6 Å². The summed E-state index contributed by atoms with van der Waals surface area (Å²) in [6, 6.07) is 3.88. The first kappa shape index (κ1) is 27.2. The first-order chi connectivity index (χ1) is 17.9. The molecule has 14 nitrogen and oxygen atoms in total. The fourth-order valence-corrected chi connectivity index (χ4v) is 5.76. The van der Waals surface area contributed by atoms with Gasteiger partial charge in [-0.05, 0) is 13.8 Å². The fourth-order valence-electron chi connectivity index (χ4n) is 3.81. The average molecular weight is 563 g/mol. The van der Waals surface area contributed by atoms with Gasteiger partial charge in [0.2, 0.25) is 11.6 Å². The largest absolute Gasteiger partial charge is 0.619 e. The number of anilines is 1. The minimum Gasteiger partial charge on any atom is -0.619 e. The van der Waals surface area contributed by atoms with Crippen LogP contribution in [0.15, 0.2) is 52.4 Å². The minimum atomic E-state index is -1.80. The van der Waals surface area contributed by atoms with E-state index >= 15 is 0 Å². The number of carboxylic acids is 2. The Hall–Kier alpha value is -3.86. The number of rotatable bonds is 9. The Kier molecular flexibility index (Phi) is 7.24. The summed E-state index contributed by atoms with van der Waals surface area (Å²) < 4.78 is -0.130. The van der Waals surface area contributed by atoms with Crippen LogP contribution in [-0.2, 0) is 30.6 Å². The van der Waals surface area contributed by atoms with Crippen LogP contribution < -0.4 is 20.7 Å². The molecule has 0 radical (unpaired) electrons. The van der Waals surface area contributed by atoms with Crippen molar-refractivity contribution in [3.05, 3.63) is 58.1 Å². The Balaban J connectivity index is 1.60. The molecule has 0 aliphatic carbocycles. The van der Waals surface area contributed by atoms with Gasteiger partial charge < -0.3 is 36.1 Å². The summed E-state index contributed by atoms with van der Waals surface area (Å²) in [6.45, 7) is 2.48. The number of nitrogen functional groups attached to an aromatic ring is 1. The number of fused-ring (bicyclic) bond motifs is 1. The quantitative estimate of drug-likeness (QED) is 0.0817. The van der Waals surface area contributed by atoms with Crippen LogP contribution >= 0.6 is 23.1 Å². The number of aliphatic carboxylic acids is 2. The number of aromatic nitrogens is 2. The number of hydrogen-bond donors (Lipinski definition) is 3. The molecule has 2 aromatic rings. The number of hydrogen-bond acceptors (Lipinski definition) is 12. The van der Waals surface area contributed by atoms with E-state index in [2.05, 4.69) is 15.5 Å². The van der Waals surface area contributed by atoms with Crippen molar-refractivity contribution in [2.75, 3.05) is 11.5 Å². The number of carbonyl (C=O) groups is 4. The van der Waals surface area contributed by atoms with Crippen LogP contribution in [0, 0.1) is 5.21 Å². The van der Waals surface area contributed by atoms with Crippen LogP contribution in [0.1, 0.15) is 19.5 Å². The number of amides is 2. The van der Waals surface area contributed by atoms with Crippen molar-refractivity contribution in [2.45, 2.75) is 37.4 Å². The predicted octanol–water partition coefficient (Wildman–Crippen LogP) is -1.29. The van der Waals surface area contributed by atoms with Gasteiger partial charge in [-0.25, -0.2) is 23.8 Å². The molecule has 0 saturated carbocycles. The van der Waals surface area contributed by atoms with Crippen molar-refractivity contribution in [2.24, 2.45) is 5.16 Å². The summed E-state index contributed by atoms with van der Waals surface area (Å²) in [6.07, 6.45) is 3.37. The summed E-state index contributed by atoms with van der Waals surface area (Å²) >= 11 is 2.01. The maximum absolute atomic E-state index is 13.6. The van der Waals surface area contributed by atoms with E-state index in [0.717, 1.165) is 23.1 Å². The molecule has 0 spiro atoms. The maximum Gasteiger partial charge on any atom is 0.350 e. The van der Waals surface area contributed by atoms with Gasteiger partial charge in [0.25, 0.3) is 5.91 Å². The molecule has 4 heterocycles. The molecule has 0 aromatic carbocycles. The Labute approximate surface area is 223 Å². The number of nitrogens with zero attached hydrogens (tertiary/aromatic N) is 4. The number of β-lactam (4-membered cyclic amide) rings is 1. The van der Waals surface area contributed by atoms with Crippen molar-refractivity contribution in [3.8, 4) is 0 Å². The van der Waals surface area contributed by atoms with E-state index in [1.54, 1.807) is 35.2 Å². The molecule has 1 saturated heterocycles. The van der Waals surface area contributed by atoms with Crippen LogP contribution in [0.5, 0.6) is 0 Å². The minimum absolute atomic E-state index is 0.0466. The molecule has 200 valence electrons. The third kappa shape index (κ3) is 4.85. The number of hydroxylamine groups is 3. The summed E-state index contributed by atoms with van der Waals surface area (Å²) in [5.74, 6) is -5.11. The van der Waals surface area contributed by atoms with E-state index in [4.69, 9.17) is 10.6 Å². The van der Waals surface area contributed by atoms with Gasteiger partial charge in [-0.15, -0.1) is 11.3 Å². The summed E-state index contributed by atoms with van der Waals surface area (Å²) in [4.78, 5) is 58.6. The summed E-state index contributed by atoms with van der Waals surface area (Å²) in [5.41, 5.74) is 2.85. The Morgan fingerprint density at radius 3 is 2.61 bits per heavy atom. The van der Waals surface area contributed by atoms with Crippen molar-refractivity contribution < 1.29 is 43.4 Å². The summed E-state index contributed by atoms with van der Waals surface area (Å²) in [7, 11) is 0. The Bertz CT molecular complexity index is 1370. The zero-order chi connectivity index (χ0) is 27.8. The highest BCUT2D eigenvalue weighted by molar-refractivity contribution is 8.00. The van der Waals surface area contributed by atoms with Crippen molar-refractivity contribution in [3.63, 3.8) is 0 Å². The van der Waals surface area contributed by atoms with Gasteiger partial charge in [0.05, 0.1) is 5.57 Å². The monoisotopic (exact) mass is 562 g/mol. The second-order valence-electron chi connectivity index (χ2n) is 8.85.